The molecule has 4 aliphatic rings. The van der Waals surface area contributed by atoms with Crippen LogP contribution in [0.5, 0.6) is 0 Å². The fourth-order valence-corrected chi connectivity index (χ4v) is 10.0. The summed E-state index contributed by atoms with van der Waals surface area (Å²) in [4.78, 5) is 7.36. The number of halogens is 1. The van der Waals surface area contributed by atoms with Crippen molar-refractivity contribution >= 4 is 49.9 Å². The van der Waals surface area contributed by atoms with Crippen LogP contribution >= 0.6 is 49.9 Å². The Morgan fingerprint density at radius 1 is 0.654 bits per heavy atom. The predicted molar refractivity (Wildman–Crippen MR) is 118 cm³/mol. The average molecular weight is 462 g/mol. The lowest BCUT2D eigenvalue weighted by Crippen LogP contribution is -2.48. The minimum absolute atomic E-state index is 0.538. The zero-order valence-corrected chi connectivity index (χ0v) is 18.6. The van der Waals surface area contributed by atoms with Gasteiger partial charge in [-0.1, -0.05) is 0 Å². The Bertz CT molecular complexity index is 924. The van der Waals surface area contributed by atoms with Gasteiger partial charge in [-0.05, 0) is 109 Å². The summed E-state index contributed by atoms with van der Waals surface area (Å²) in [5, 5.41) is 0. The van der Waals surface area contributed by atoms with Crippen LogP contribution < -0.4 is 0 Å². The third-order valence-electron chi connectivity index (χ3n) is 6.83. The van der Waals surface area contributed by atoms with E-state index in [4.69, 9.17) is 0 Å². The average Bonchev–Trinajstić information content (AvgIpc) is 3.33. The van der Waals surface area contributed by atoms with Gasteiger partial charge in [0, 0.05) is 29.8 Å². The molecule has 0 atom stereocenters. The Morgan fingerprint density at radius 2 is 1.15 bits per heavy atom. The van der Waals surface area contributed by atoms with E-state index in [0.29, 0.717) is 5.41 Å². The van der Waals surface area contributed by atoms with E-state index in [1.54, 1.807) is 4.88 Å². The molecule has 4 saturated carbocycles. The molecule has 0 amide bonds. The maximum Gasteiger partial charge on any atom is 0.0705 e. The summed E-state index contributed by atoms with van der Waals surface area (Å²) < 4.78 is 1.21. The van der Waals surface area contributed by atoms with Crippen LogP contribution in [0.2, 0.25) is 0 Å². The van der Waals surface area contributed by atoms with Crippen molar-refractivity contribution in [2.24, 2.45) is 17.8 Å². The maximum atomic E-state index is 3.59. The molecule has 4 heteroatoms. The summed E-state index contributed by atoms with van der Waals surface area (Å²) in [6, 6.07) is 13.9. The van der Waals surface area contributed by atoms with Crippen molar-refractivity contribution in [1.82, 2.24) is 0 Å². The summed E-state index contributed by atoms with van der Waals surface area (Å²) in [7, 11) is 0. The zero-order valence-electron chi connectivity index (χ0n) is 14.5. The first kappa shape index (κ1) is 16.5. The van der Waals surface area contributed by atoms with Gasteiger partial charge in [-0.15, -0.1) is 34.0 Å². The second-order valence-corrected chi connectivity index (χ2v) is 13.3. The number of hydrogen-bond acceptors (Lipinski definition) is 3. The largest absolute Gasteiger partial charge is 0.139 e. The van der Waals surface area contributed by atoms with Gasteiger partial charge in [0.25, 0.3) is 0 Å². The molecular formula is C22H21BrS3. The molecule has 3 aromatic heterocycles. The van der Waals surface area contributed by atoms with E-state index in [0.717, 1.165) is 17.8 Å². The standard InChI is InChI=1S/C22H21BrS3/c23-21-6-4-19(26-21)17-2-1-16(24-17)18-3-5-20(25-18)22-10-13-7-14(11-22)9-15(8-13)12-22/h1-6,13-15H,7-12H2. The van der Waals surface area contributed by atoms with E-state index in [1.165, 1.54) is 61.8 Å². The summed E-state index contributed by atoms with van der Waals surface area (Å²) in [5.74, 6) is 3.08. The van der Waals surface area contributed by atoms with Gasteiger partial charge in [-0.3, -0.25) is 0 Å². The molecule has 3 aromatic rings. The Hall–Kier alpha value is -0.420. The van der Waals surface area contributed by atoms with Crippen molar-refractivity contribution in [3.8, 4) is 19.5 Å². The highest BCUT2D eigenvalue weighted by molar-refractivity contribution is 9.11. The predicted octanol–water partition coefficient (Wildman–Crippen LogP) is 8.44. The van der Waals surface area contributed by atoms with Gasteiger partial charge < -0.3 is 0 Å². The van der Waals surface area contributed by atoms with Gasteiger partial charge in [-0.25, -0.2) is 0 Å². The number of hydrogen-bond donors (Lipinski definition) is 0. The van der Waals surface area contributed by atoms with E-state index in [9.17, 15) is 0 Å². The Labute approximate surface area is 175 Å². The van der Waals surface area contributed by atoms with Crippen LogP contribution in [0.25, 0.3) is 19.5 Å². The van der Waals surface area contributed by atoms with Crippen LogP contribution in [0.3, 0.4) is 0 Å². The monoisotopic (exact) mass is 460 g/mol. The molecule has 0 aliphatic heterocycles. The minimum atomic E-state index is 0.538. The normalized spacial score (nSPS) is 32.4. The summed E-state index contributed by atoms with van der Waals surface area (Å²) in [6.07, 6.45) is 9.00. The molecule has 0 aromatic carbocycles. The number of rotatable bonds is 3. The molecule has 0 saturated heterocycles. The summed E-state index contributed by atoms with van der Waals surface area (Å²) >= 11 is 9.45. The molecule has 4 bridgehead atoms. The first-order valence-electron chi connectivity index (χ1n) is 9.63. The van der Waals surface area contributed by atoms with Crippen LogP contribution in [0.1, 0.15) is 43.4 Å². The highest BCUT2D eigenvalue weighted by Crippen LogP contribution is 2.62. The lowest BCUT2D eigenvalue weighted by atomic mass is 9.49. The van der Waals surface area contributed by atoms with Crippen molar-refractivity contribution in [2.75, 3.05) is 0 Å². The SMILES string of the molecule is Brc1ccc(-c2ccc(-c3ccc(C45CC6CC(CC(C6)C4)C5)s3)s2)s1. The zero-order chi connectivity index (χ0) is 17.3. The van der Waals surface area contributed by atoms with Crippen LogP contribution in [0.4, 0.5) is 0 Å². The molecule has 0 nitrogen and oxygen atoms in total. The first-order chi connectivity index (χ1) is 12.7. The Morgan fingerprint density at radius 3 is 1.73 bits per heavy atom. The van der Waals surface area contributed by atoms with E-state index >= 15 is 0 Å². The van der Waals surface area contributed by atoms with Gasteiger partial charge in [0.15, 0.2) is 0 Å². The van der Waals surface area contributed by atoms with E-state index < -0.39 is 0 Å². The second kappa shape index (κ2) is 6.04. The molecule has 0 unspecified atom stereocenters. The van der Waals surface area contributed by atoms with Gasteiger partial charge in [0.1, 0.15) is 0 Å². The maximum absolute atomic E-state index is 3.59. The molecule has 134 valence electrons. The van der Waals surface area contributed by atoms with Crippen molar-refractivity contribution in [1.29, 1.82) is 0 Å². The van der Waals surface area contributed by atoms with Gasteiger partial charge in [0.2, 0.25) is 0 Å². The topological polar surface area (TPSA) is 0 Å². The minimum Gasteiger partial charge on any atom is -0.139 e. The molecule has 7 rings (SSSR count). The molecular weight excluding hydrogens is 440 g/mol. The van der Waals surface area contributed by atoms with Crippen molar-refractivity contribution in [3.05, 3.63) is 45.1 Å². The Kier molecular flexibility index (Phi) is 3.84. The number of thiophene rings is 3. The molecule has 26 heavy (non-hydrogen) atoms. The summed E-state index contributed by atoms with van der Waals surface area (Å²) in [5.41, 5.74) is 0.538. The third-order valence-corrected chi connectivity index (χ3v) is 11.3. The fraction of sp³-hybridized carbons (Fsp3) is 0.455. The van der Waals surface area contributed by atoms with Gasteiger partial charge in [0.05, 0.1) is 3.79 Å². The molecule has 4 fully saturated rings. The molecule has 4 aliphatic carbocycles. The second-order valence-electron chi connectivity index (χ2n) is 8.63. The van der Waals surface area contributed by atoms with Crippen LogP contribution in [-0.4, -0.2) is 0 Å². The van der Waals surface area contributed by atoms with E-state index in [-0.39, 0.29) is 0 Å². The van der Waals surface area contributed by atoms with Crippen molar-refractivity contribution in [3.63, 3.8) is 0 Å². The van der Waals surface area contributed by atoms with E-state index in [1.807, 2.05) is 22.7 Å². The molecule has 0 spiro atoms. The first-order valence-corrected chi connectivity index (χ1v) is 12.9. The molecule has 3 heterocycles. The molecule has 0 N–H and O–H groups in total. The highest BCUT2D eigenvalue weighted by Gasteiger charge is 2.52. The van der Waals surface area contributed by atoms with Crippen molar-refractivity contribution < 1.29 is 0 Å². The van der Waals surface area contributed by atoms with Crippen LogP contribution in [-0.2, 0) is 5.41 Å². The van der Waals surface area contributed by atoms with Gasteiger partial charge >= 0.3 is 0 Å². The lowest BCUT2D eigenvalue weighted by Gasteiger charge is -2.56. The highest BCUT2D eigenvalue weighted by atomic mass is 79.9. The summed E-state index contributed by atoms with van der Waals surface area (Å²) in [6.45, 7) is 0. The Balaban J connectivity index is 1.32. The van der Waals surface area contributed by atoms with Crippen LogP contribution in [0, 0.1) is 17.8 Å². The van der Waals surface area contributed by atoms with Crippen molar-refractivity contribution in [2.45, 2.75) is 43.9 Å². The molecule has 0 radical (unpaired) electrons. The van der Waals surface area contributed by atoms with Crippen LogP contribution in [0.15, 0.2) is 40.2 Å². The fourth-order valence-electron chi connectivity index (χ4n) is 6.22. The smallest absolute Gasteiger partial charge is 0.0705 e. The lowest BCUT2D eigenvalue weighted by molar-refractivity contribution is -0.00346. The quantitative estimate of drug-likeness (QED) is 0.367. The van der Waals surface area contributed by atoms with E-state index in [2.05, 4.69) is 63.7 Å². The van der Waals surface area contributed by atoms with Gasteiger partial charge in [-0.2, -0.15) is 0 Å². The third kappa shape index (κ3) is 2.63.